The molecule has 2 N–H and O–H groups in total. The highest BCUT2D eigenvalue weighted by molar-refractivity contribution is 5.77. The van der Waals surface area contributed by atoms with Crippen molar-refractivity contribution in [3.8, 4) is 0 Å². The monoisotopic (exact) mass is 284 g/mol. The average Bonchev–Trinajstić information content (AvgIpc) is 2.48. The number of hydrogen-bond acceptors (Lipinski definition) is 4. The van der Waals surface area contributed by atoms with Gasteiger partial charge in [-0.2, -0.15) is 0 Å². The van der Waals surface area contributed by atoms with Crippen LogP contribution in [0.15, 0.2) is 0 Å². The van der Waals surface area contributed by atoms with Gasteiger partial charge in [-0.25, -0.2) is 0 Å². The number of hydrogen-bond donors (Lipinski definition) is 2. The molecule has 0 atom stereocenters. The number of carbonyl (C=O) groups is 1. The van der Waals surface area contributed by atoms with Crippen molar-refractivity contribution >= 4 is 5.91 Å². The molecule has 1 amide bonds. The molecule has 1 aliphatic heterocycles. The maximum atomic E-state index is 11.8. The summed E-state index contributed by atoms with van der Waals surface area (Å²) in [6.45, 7) is 4.88. The Hall–Kier alpha value is -0.650. The van der Waals surface area contributed by atoms with Gasteiger partial charge in [0.1, 0.15) is 6.61 Å². The number of amides is 1. The van der Waals surface area contributed by atoms with Crippen LogP contribution in [0.5, 0.6) is 0 Å². The van der Waals surface area contributed by atoms with Crippen LogP contribution < -0.4 is 10.6 Å². The van der Waals surface area contributed by atoms with Crippen molar-refractivity contribution in [2.45, 2.75) is 63.6 Å². The second-order valence-corrected chi connectivity index (χ2v) is 5.80. The minimum atomic E-state index is 0.0192. The summed E-state index contributed by atoms with van der Waals surface area (Å²) in [7, 11) is 0. The molecule has 2 rings (SSSR count). The molecular formula is C15H28N2O3. The number of rotatable bonds is 6. The molecule has 2 aliphatic rings. The first-order valence-electron chi connectivity index (χ1n) is 8.00. The summed E-state index contributed by atoms with van der Waals surface area (Å²) in [6, 6.07) is 0.903. The van der Waals surface area contributed by atoms with Gasteiger partial charge in [0, 0.05) is 25.3 Å². The standard InChI is InChI=1S/C15H28N2O3/c1-2-16-12-3-5-14(6-4-12)20-11-15(18)17-13-7-9-19-10-8-13/h12-14,16H,2-11H2,1H3,(H,17,18). The maximum Gasteiger partial charge on any atom is 0.246 e. The summed E-state index contributed by atoms with van der Waals surface area (Å²) < 4.78 is 11.0. The summed E-state index contributed by atoms with van der Waals surface area (Å²) in [5.74, 6) is 0.0192. The highest BCUT2D eigenvalue weighted by Crippen LogP contribution is 2.21. The number of carbonyl (C=O) groups excluding carboxylic acids is 1. The molecule has 116 valence electrons. The van der Waals surface area contributed by atoms with Crippen LogP contribution in [0.25, 0.3) is 0 Å². The van der Waals surface area contributed by atoms with Gasteiger partial charge in [0.05, 0.1) is 6.10 Å². The number of ether oxygens (including phenoxy) is 2. The van der Waals surface area contributed by atoms with Gasteiger partial charge in [0.25, 0.3) is 0 Å². The van der Waals surface area contributed by atoms with E-state index in [0.29, 0.717) is 6.04 Å². The van der Waals surface area contributed by atoms with Crippen LogP contribution in [0.4, 0.5) is 0 Å². The van der Waals surface area contributed by atoms with Crippen LogP contribution in [-0.2, 0) is 14.3 Å². The topological polar surface area (TPSA) is 59.6 Å². The Labute approximate surface area is 121 Å². The summed E-state index contributed by atoms with van der Waals surface area (Å²) in [5, 5.41) is 6.51. The summed E-state index contributed by atoms with van der Waals surface area (Å²) >= 11 is 0. The van der Waals surface area contributed by atoms with Crippen LogP contribution in [-0.4, -0.2) is 50.5 Å². The minimum absolute atomic E-state index is 0.0192. The zero-order valence-corrected chi connectivity index (χ0v) is 12.5. The predicted octanol–water partition coefficient (Wildman–Crippen LogP) is 1.22. The van der Waals surface area contributed by atoms with Crippen molar-refractivity contribution in [1.29, 1.82) is 0 Å². The second kappa shape index (κ2) is 8.60. The largest absolute Gasteiger partial charge is 0.381 e. The van der Waals surface area contributed by atoms with E-state index in [1.54, 1.807) is 0 Å². The molecule has 1 aliphatic carbocycles. The molecule has 1 saturated heterocycles. The molecule has 2 fully saturated rings. The molecule has 0 unspecified atom stereocenters. The first-order chi connectivity index (χ1) is 9.78. The fourth-order valence-electron chi connectivity index (χ4n) is 3.03. The first kappa shape index (κ1) is 15.7. The molecule has 0 radical (unpaired) electrons. The van der Waals surface area contributed by atoms with Crippen LogP contribution in [0.2, 0.25) is 0 Å². The van der Waals surface area contributed by atoms with Crippen LogP contribution in [0.3, 0.4) is 0 Å². The van der Waals surface area contributed by atoms with Crippen molar-refractivity contribution in [2.75, 3.05) is 26.4 Å². The molecule has 0 bridgehead atoms. The normalized spacial score (nSPS) is 28.2. The third-order valence-electron chi connectivity index (χ3n) is 4.20. The Morgan fingerprint density at radius 1 is 1.10 bits per heavy atom. The van der Waals surface area contributed by atoms with Crippen molar-refractivity contribution in [3.63, 3.8) is 0 Å². The van der Waals surface area contributed by atoms with Crippen molar-refractivity contribution in [1.82, 2.24) is 10.6 Å². The lowest BCUT2D eigenvalue weighted by molar-refractivity contribution is -0.129. The van der Waals surface area contributed by atoms with E-state index >= 15 is 0 Å². The Balaban J connectivity index is 1.57. The first-order valence-corrected chi connectivity index (χ1v) is 8.00. The van der Waals surface area contributed by atoms with E-state index in [-0.39, 0.29) is 24.7 Å². The van der Waals surface area contributed by atoms with Crippen molar-refractivity contribution < 1.29 is 14.3 Å². The summed E-state index contributed by atoms with van der Waals surface area (Å²) in [5.41, 5.74) is 0. The Kier molecular flexibility index (Phi) is 6.76. The van der Waals surface area contributed by atoms with E-state index in [2.05, 4.69) is 17.6 Å². The number of nitrogens with one attached hydrogen (secondary N) is 2. The van der Waals surface area contributed by atoms with Gasteiger partial charge < -0.3 is 20.1 Å². The highest BCUT2D eigenvalue weighted by Gasteiger charge is 2.22. The summed E-state index contributed by atoms with van der Waals surface area (Å²) in [6.07, 6.45) is 6.51. The van der Waals surface area contributed by atoms with Gasteiger partial charge in [-0.1, -0.05) is 6.92 Å². The predicted molar refractivity (Wildman–Crippen MR) is 77.7 cm³/mol. The average molecular weight is 284 g/mol. The molecule has 20 heavy (non-hydrogen) atoms. The lowest BCUT2D eigenvalue weighted by Crippen LogP contribution is -2.42. The maximum absolute atomic E-state index is 11.8. The Morgan fingerprint density at radius 2 is 1.80 bits per heavy atom. The molecule has 0 aromatic rings. The van der Waals surface area contributed by atoms with Crippen molar-refractivity contribution in [2.24, 2.45) is 0 Å². The SMILES string of the molecule is CCNC1CCC(OCC(=O)NC2CCOCC2)CC1. The van der Waals surface area contributed by atoms with Gasteiger partial charge in [-0.3, -0.25) is 4.79 Å². The van der Waals surface area contributed by atoms with E-state index in [0.717, 1.165) is 58.3 Å². The van der Waals surface area contributed by atoms with Crippen LogP contribution in [0.1, 0.15) is 45.4 Å². The quantitative estimate of drug-likeness (QED) is 0.770. The molecular weight excluding hydrogens is 256 g/mol. The minimum Gasteiger partial charge on any atom is -0.381 e. The van der Waals surface area contributed by atoms with E-state index in [1.807, 2.05) is 0 Å². The summed E-state index contributed by atoms with van der Waals surface area (Å²) in [4.78, 5) is 11.8. The third-order valence-corrected chi connectivity index (χ3v) is 4.20. The van der Waals surface area contributed by atoms with E-state index < -0.39 is 0 Å². The molecule has 1 heterocycles. The van der Waals surface area contributed by atoms with E-state index in [4.69, 9.17) is 9.47 Å². The van der Waals surface area contributed by atoms with Crippen molar-refractivity contribution in [3.05, 3.63) is 0 Å². The Morgan fingerprint density at radius 3 is 2.45 bits per heavy atom. The van der Waals surface area contributed by atoms with Gasteiger partial charge in [-0.15, -0.1) is 0 Å². The molecule has 5 nitrogen and oxygen atoms in total. The van der Waals surface area contributed by atoms with Gasteiger partial charge in [0.2, 0.25) is 5.91 Å². The van der Waals surface area contributed by atoms with Crippen LogP contribution in [0, 0.1) is 0 Å². The lowest BCUT2D eigenvalue weighted by Gasteiger charge is -2.29. The van der Waals surface area contributed by atoms with E-state index in [1.165, 1.54) is 0 Å². The fourth-order valence-corrected chi connectivity index (χ4v) is 3.03. The van der Waals surface area contributed by atoms with Gasteiger partial charge in [0.15, 0.2) is 0 Å². The fraction of sp³-hybridized carbons (Fsp3) is 0.933. The smallest absolute Gasteiger partial charge is 0.246 e. The molecule has 5 heteroatoms. The zero-order chi connectivity index (χ0) is 14.2. The third kappa shape index (κ3) is 5.38. The molecule has 0 spiro atoms. The second-order valence-electron chi connectivity index (χ2n) is 5.80. The van der Waals surface area contributed by atoms with E-state index in [9.17, 15) is 4.79 Å². The lowest BCUT2D eigenvalue weighted by atomic mass is 9.93. The molecule has 1 saturated carbocycles. The van der Waals surface area contributed by atoms with Crippen LogP contribution >= 0.6 is 0 Å². The Bertz CT molecular complexity index is 285. The molecule has 0 aromatic heterocycles. The van der Waals surface area contributed by atoms with Gasteiger partial charge >= 0.3 is 0 Å². The highest BCUT2D eigenvalue weighted by atomic mass is 16.5. The zero-order valence-electron chi connectivity index (χ0n) is 12.5. The molecule has 0 aromatic carbocycles. The van der Waals surface area contributed by atoms with Gasteiger partial charge in [-0.05, 0) is 45.1 Å².